The number of amides is 2. The van der Waals surface area contributed by atoms with Gasteiger partial charge in [0.15, 0.2) is 0 Å². The third-order valence-electron chi connectivity index (χ3n) is 5.80. The number of rotatable bonds is 7. The van der Waals surface area contributed by atoms with Crippen molar-refractivity contribution in [2.24, 2.45) is 0 Å². The van der Waals surface area contributed by atoms with Gasteiger partial charge in [-0.3, -0.25) is 14.5 Å². The van der Waals surface area contributed by atoms with Crippen LogP contribution in [0.3, 0.4) is 0 Å². The van der Waals surface area contributed by atoms with Crippen LogP contribution in [0.2, 0.25) is 0 Å². The summed E-state index contributed by atoms with van der Waals surface area (Å²) in [6, 6.07) is 16.0. The second-order valence-corrected chi connectivity index (χ2v) is 7.88. The van der Waals surface area contributed by atoms with Gasteiger partial charge < -0.3 is 15.0 Å². The Kier molecular flexibility index (Phi) is 6.33. The molecule has 2 aromatic rings. The van der Waals surface area contributed by atoms with E-state index in [1.54, 1.807) is 4.90 Å². The van der Waals surface area contributed by atoms with E-state index in [4.69, 9.17) is 4.74 Å². The molecule has 4 rings (SSSR count). The van der Waals surface area contributed by atoms with Crippen molar-refractivity contribution in [2.45, 2.75) is 38.6 Å². The number of nitrogens with one attached hydrogen (secondary N) is 1. The maximum absolute atomic E-state index is 12.7. The van der Waals surface area contributed by atoms with E-state index in [0.717, 1.165) is 49.5 Å². The minimum absolute atomic E-state index is 0.0299. The van der Waals surface area contributed by atoms with E-state index in [2.05, 4.69) is 22.3 Å². The Morgan fingerprint density at radius 2 is 1.97 bits per heavy atom. The quantitative estimate of drug-likeness (QED) is 0.754. The van der Waals surface area contributed by atoms with Crippen LogP contribution in [0.1, 0.15) is 44.2 Å². The van der Waals surface area contributed by atoms with Gasteiger partial charge in [-0.15, -0.1) is 0 Å². The van der Waals surface area contributed by atoms with Crippen LogP contribution in [0.15, 0.2) is 48.5 Å². The van der Waals surface area contributed by atoms with Crippen molar-refractivity contribution in [1.82, 2.24) is 4.90 Å². The van der Waals surface area contributed by atoms with Gasteiger partial charge in [0.1, 0.15) is 5.75 Å². The average molecular weight is 408 g/mol. The summed E-state index contributed by atoms with van der Waals surface area (Å²) in [6.45, 7) is 4.64. The average Bonchev–Trinajstić information content (AvgIpc) is 3.38. The molecule has 2 aliphatic heterocycles. The number of likely N-dealkylation sites (tertiary alicyclic amines) is 1. The molecule has 0 radical (unpaired) electrons. The molecule has 0 saturated carbocycles. The highest BCUT2D eigenvalue weighted by atomic mass is 16.5. The summed E-state index contributed by atoms with van der Waals surface area (Å²) in [5.74, 6) is 0.992. The lowest BCUT2D eigenvalue weighted by atomic mass is 10.0. The Bertz CT molecular complexity index is 897. The van der Waals surface area contributed by atoms with Crippen LogP contribution in [0.5, 0.6) is 5.75 Å². The van der Waals surface area contributed by atoms with Crippen LogP contribution < -0.4 is 15.0 Å². The van der Waals surface area contributed by atoms with Gasteiger partial charge in [0.25, 0.3) is 0 Å². The molecule has 158 valence electrons. The van der Waals surface area contributed by atoms with Crippen molar-refractivity contribution < 1.29 is 14.3 Å². The van der Waals surface area contributed by atoms with E-state index in [-0.39, 0.29) is 17.9 Å². The number of benzene rings is 2. The van der Waals surface area contributed by atoms with Crippen LogP contribution in [0.25, 0.3) is 0 Å². The highest BCUT2D eigenvalue weighted by molar-refractivity contribution is 5.97. The molecular formula is C24H29N3O3. The molecule has 30 heavy (non-hydrogen) atoms. The van der Waals surface area contributed by atoms with Crippen molar-refractivity contribution in [3.63, 3.8) is 0 Å². The van der Waals surface area contributed by atoms with E-state index in [9.17, 15) is 9.59 Å². The number of anilines is 2. The largest absolute Gasteiger partial charge is 0.494 e. The minimum Gasteiger partial charge on any atom is -0.494 e. The zero-order chi connectivity index (χ0) is 20.9. The number of ether oxygens (including phenoxy) is 1. The zero-order valence-electron chi connectivity index (χ0n) is 17.5. The summed E-state index contributed by atoms with van der Waals surface area (Å²) in [6.07, 6.45) is 3.61. The summed E-state index contributed by atoms with van der Waals surface area (Å²) in [5, 5.41) is 3.01. The normalized spacial score (nSPS) is 19.3. The summed E-state index contributed by atoms with van der Waals surface area (Å²) < 4.78 is 5.53. The van der Waals surface area contributed by atoms with E-state index in [1.165, 1.54) is 5.56 Å². The van der Waals surface area contributed by atoms with Crippen LogP contribution >= 0.6 is 0 Å². The molecule has 2 aromatic carbocycles. The zero-order valence-corrected chi connectivity index (χ0v) is 17.5. The first kappa shape index (κ1) is 20.4. The predicted octanol–water partition coefficient (Wildman–Crippen LogP) is 3.99. The lowest BCUT2D eigenvalue weighted by molar-refractivity contribution is -0.118. The monoisotopic (exact) mass is 407 g/mol. The van der Waals surface area contributed by atoms with Gasteiger partial charge in [0, 0.05) is 30.4 Å². The van der Waals surface area contributed by atoms with Gasteiger partial charge in [-0.1, -0.05) is 18.2 Å². The van der Waals surface area contributed by atoms with Crippen molar-refractivity contribution in [1.29, 1.82) is 0 Å². The highest BCUT2D eigenvalue weighted by Gasteiger charge is 2.28. The smallest absolute Gasteiger partial charge is 0.238 e. The summed E-state index contributed by atoms with van der Waals surface area (Å²) in [7, 11) is 0. The van der Waals surface area contributed by atoms with Crippen LogP contribution in [-0.2, 0) is 9.59 Å². The second-order valence-electron chi connectivity index (χ2n) is 7.88. The van der Waals surface area contributed by atoms with Crippen LogP contribution in [0.4, 0.5) is 11.4 Å². The first-order valence-corrected chi connectivity index (χ1v) is 10.8. The molecule has 0 aromatic heterocycles. The molecule has 2 saturated heterocycles. The third-order valence-corrected chi connectivity index (χ3v) is 5.80. The first-order valence-electron chi connectivity index (χ1n) is 10.8. The molecule has 6 nitrogen and oxygen atoms in total. The topological polar surface area (TPSA) is 61.9 Å². The molecule has 2 aliphatic rings. The van der Waals surface area contributed by atoms with Crippen molar-refractivity contribution in [2.75, 3.05) is 36.5 Å². The highest BCUT2D eigenvalue weighted by Crippen LogP contribution is 2.32. The van der Waals surface area contributed by atoms with Gasteiger partial charge in [-0.2, -0.15) is 0 Å². The fraction of sp³-hybridized carbons (Fsp3) is 0.417. The van der Waals surface area contributed by atoms with Gasteiger partial charge >= 0.3 is 0 Å². The molecule has 1 N–H and O–H groups in total. The summed E-state index contributed by atoms with van der Waals surface area (Å²) >= 11 is 0. The van der Waals surface area contributed by atoms with E-state index in [0.29, 0.717) is 19.6 Å². The Labute approximate surface area is 177 Å². The molecule has 0 spiro atoms. The fourth-order valence-corrected chi connectivity index (χ4v) is 4.40. The summed E-state index contributed by atoms with van der Waals surface area (Å²) in [4.78, 5) is 28.7. The number of hydrogen-bond acceptors (Lipinski definition) is 4. The minimum atomic E-state index is -0.0299. The number of hydrogen-bond donors (Lipinski definition) is 1. The van der Waals surface area contributed by atoms with Gasteiger partial charge in [0.05, 0.1) is 13.2 Å². The molecule has 2 fully saturated rings. The first-order chi connectivity index (χ1) is 14.6. The molecule has 1 atom stereocenters. The molecule has 2 amide bonds. The van der Waals surface area contributed by atoms with E-state index < -0.39 is 0 Å². The second kappa shape index (κ2) is 9.30. The Morgan fingerprint density at radius 1 is 1.13 bits per heavy atom. The Balaban J connectivity index is 1.38. The SMILES string of the molecule is CCOc1ccc(C2CCCN2CC(=O)Nc2cccc(N3CCCC3=O)c2)cc1. The molecular weight excluding hydrogens is 378 g/mol. The van der Waals surface area contributed by atoms with E-state index in [1.807, 2.05) is 43.3 Å². The Morgan fingerprint density at radius 3 is 2.70 bits per heavy atom. The lowest BCUT2D eigenvalue weighted by Crippen LogP contribution is -2.33. The standard InChI is InChI=1S/C24H29N3O3/c1-2-30-21-12-10-18(11-13-21)22-8-4-14-26(22)17-23(28)25-19-6-3-7-20(16-19)27-15-5-9-24(27)29/h3,6-7,10-13,16,22H,2,4-5,8-9,14-15,17H2,1H3,(H,25,28). The maximum Gasteiger partial charge on any atom is 0.238 e. The van der Waals surface area contributed by atoms with Crippen LogP contribution in [-0.4, -0.2) is 43.0 Å². The Hall–Kier alpha value is -2.86. The fourth-order valence-electron chi connectivity index (χ4n) is 4.40. The summed E-state index contributed by atoms with van der Waals surface area (Å²) in [5.41, 5.74) is 2.80. The van der Waals surface area contributed by atoms with Crippen LogP contribution in [0, 0.1) is 0 Å². The molecule has 1 unspecified atom stereocenters. The van der Waals surface area contributed by atoms with Crippen molar-refractivity contribution in [3.05, 3.63) is 54.1 Å². The van der Waals surface area contributed by atoms with E-state index >= 15 is 0 Å². The number of carbonyl (C=O) groups excluding carboxylic acids is 2. The lowest BCUT2D eigenvalue weighted by Gasteiger charge is -2.24. The van der Waals surface area contributed by atoms with Crippen molar-refractivity contribution >= 4 is 23.2 Å². The molecule has 6 heteroatoms. The number of carbonyl (C=O) groups is 2. The van der Waals surface area contributed by atoms with Crippen molar-refractivity contribution in [3.8, 4) is 5.75 Å². The van der Waals surface area contributed by atoms with Gasteiger partial charge in [0.2, 0.25) is 11.8 Å². The predicted molar refractivity (Wildman–Crippen MR) is 118 cm³/mol. The molecule has 0 aliphatic carbocycles. The van der Waals surface area contributed by atoms with Gasteiger partial charge in [-0.25, -0.2) is 0 Å². The molecule has 0 bridgehead atoms. The maximum atomic E-state index is 12.7. The number of nitrogens with zero attached hydrogens (tertiary/aromatic N) is 2. The third kappa shape index (κ3) is 4.65. The molecule has 2 heterocycles. The van der Waals surface area contributed by atoms with Gasteiger partial charge in [-0.05, 0) is 68.6 Å².